The Bertz CT molecular complexity index is 1380. The van der Waals surface area contributed by atoms with Gasteiger partial charge in [0.25, 0.3) is 5.91 Å². The van der Waals surface area contributed by atoms with Crippen molar-refractivity contribution in [3.05, 3.63) is 96.4 Å². The number of hydrogen-bond acceptors (Lipinski definition) is 7. The Morgan fingerprint density at radius 2 is 1.73 bits per heavy atom. The van der Waals surface area contributed by atoms with E-state index in [0.717, 1.165) is 41.4 Å². The molecule has 1 saturated heterocycles. The summed E-state index contributed by atoms with van der Waals surface area (Å²) in [6.45, 7) is 2.99. The molecule has 2 aromatic carbocycles. The molecule has 0 aliphatic carbocycles. The second-order valence-electron chi connectivity index (χ2n) is 9.67. The van der Waals surface area contributed by atoms with Crippen molar-refractivity contribution in [2.24, 2.45) is 0 Å². The molecule has 1 aliphatic heterocycles. The summed E-state index contributed by atoms with van der Waals surface area (Å²) in [4.78, 5) is 32.1. The van der Waals surface area contributed by atoms with Crippen molar-refractivity contribution < 1.29 is 18.7 Å². The third-order valence-corrected chi connectivity index (χ3v) is 7.07. The Hall–Kier alpha value is -4.66. The van der Waals surface area contributed by atoms with Gasteiger partial charge in [0, 0.05) is 38.3 Å². The average Bonchev–Trinajstić information content (AvgIpc) is 3.44. The minimum absolute atomic E-state index is 0.00271. The summed E-state index contributed by atoms with van der Waals surface area (Å²) >= 11 is 0. The van der Waals surface area contributed by atoms with Crippen LogP contribution < -0.4 is 9.64 Å². The van der Waals surface area contributed by atoms with Gasteiger partial charge in [-0.15, -0.1) is 10.2 Å². The van der Waals surface area contributed by atoms with E-state index in [4.69, 9.17) is 9.15 Å². The largest absolute Gasteiger partial charge is 0.497 e. The number of anilines is 1. The first-order valence-corrected chi connectivity index (χ1v) is 13.5. The lowest BCUT2D eigenvalue weighted by Crippen LogP contribution is -2.44. The van der Waals surface area contributed by atoms with Crippen LogP contribution in [0.2, 0.25) is 0 Å². The summed E-state index contributed by atoms with van der Waals surface area (Å²) in [5.74, 6) is 1.46. The fourth-order valence-electron chi connectivity index (χ4n) is 4.79. The number of ether oxygens (including phenoxy) is 1. The lowest BCUT2D eigenvalue weighted by atomic mass is 10.1. The Morgan fingerprint density at radius 1 is 0.900 bits per heavy atom. The van der Waals surface area contributed by atoms with E-state index in [1.54, 1.807) is 24.1 Å². The van der Waals surface area contributed by atoms with Crippen molar-refractivity contribution in [2.45, 2.75) is 12.8 Å². The topological polar surface area (TPSA) is 92.0 Å². The molecule has 0 unspecified atom stereocenters. The van der Waals surface area contributed by atoms with Gasteiger partial charge in [-0.05, 0) is 66.9 Å². The number of benzene rings is 2. The molecule has 5 rings (SSSR count). The molecule has 206 valence electrons. The minimum Gasteiger partial charge on any atom is -0.497 e. The molecular formula is C31H33N5O4. The van der Waals surface area contributed by atoms with E-state index in [-0.39, 0.29) is 24.1 Å². The summed E-state index contributed by atoms with van der Waals surface area (Å²) in [5, 5.41) is 8.89. The Labute approximate surface area is 234 Å². The van der Waals surface area contributed by atoms with Gasteiger partial charge < -0.3 is 23.9 Å². The average molecular weight is 540 g/mol. The number of rotatable bonds is 9. The van der Waals surface area contributed by atoms with Crippen LogP contribution in [0, 0.1) is 0 Å². The third kappa shape index (κ3) is 6.66. The van der Waals surface area contributed by atoms with Crippen LogP contribution >= 0.6 is 0 Å². The van der Waals surface area contributed by atoms with Gasteiger partial charge in [-0.25, -0.2) is 0 Å². The molecule has 2 amide bonds. The van der Waals surface area contributed by atoms with Gasteiger partial charge in [0.1, 0.15) is 12.3 Å². The van der Waals surface area contributed by atoms with Crippen molar-refractivity contribution in [3.8, 4) is 17.0 Å². The second-order valence-corrected chi connectivity index (χ2v) is 9.67. The second kappa shape index (κ2) is 12.9. The predicted molar refractivity (Wildman–Crippen MR) is 152 cm³/mol. The maximum absolute atomic E-state index is 13.4. The van der Waals surface area contributed by atoms with Crippen LogP contribution in [-0.2, 0) is 11.2 Å². The zero-order valence-corrected chi connectivity index (χ0v) is 22.6. The minimum atomic E-state index is -0.280. The number of hydrogen-bond donors (Lipinski definition) is 0. The van der Waals surface area contributed by atoms with E-state index >= 15 is 0 Å². The van der Waals surface area contributed by atoms with Crippen LogP contribution in [-0.4, -0.2) is 78.2 Å². The van der Waals surface area contributed by atoms with Crippen LogP contribution in [0.1, 0.15) is 22.5 Å². The molecule has 1 aliphatic rings. The first-order chi connectivity index (χ1) is 19.6. The van der Waals surface area contributed by atoms with Crippen molar-refractivity contribution in [2.75, 3.05) is 51.3 Å². The monoisotopic (exact) mass is 539 g/mol. The van der Waals surface area contributed by atoms with Crippen molar-refractivity contribution in [3.63, 3.8) is 0 Å². The molecule has 0 spiro atoms. The van der Waals surface area contributed by atoms with Gasteiger partial charge in [0.2, 0.25) is 5.91 Å². The number of methoxy groups -OCH3 is 1. The maximum atomic E-state index is 13.4. The van der Waals surface area contributed by atoms with Gasteiger partial charge in [-0.1, -0.05) is 30.3 Å². The van der Waals surface area contributed by atoms with Crippen molar-refractivity contribution >= 4 is 17.6 Å². The van der Waals surface area contributed by atoms with Crippen LogP contribution in [0.3, 0.4) is 0 Å². The number of aromatic nitrogens is 2. The van der Waals surface area contributed by atoms with Gasteiger partial charge in [0.15, 0.2) is 11.6 Å². The normalized spacial score (nSPS) is 13.5. The molecule has 0 atom stereocenters. The van der Waals surface area contributed by atoms with Gasteiger partial charge in [0.05, 0.1) is 19.1 Å². The molecule has 2 aromatic heterocycles. The SMILES string of the molecule is COc1ccc(-c2ccc(N3CCCN(C(=O)CN(CCc4ccccc4)C(=O)c4ccco4)CC3)nn2)cc1. The molecule has 40 heavy (non-hydrogen) atoms. The highest BCUT2D eigenvalue weighted by molar-refractivity contribution is 5.94. The summed E-state index contributed by atoms with van der Waals surface area (Å²) < 4.78 is 10.6. The van der Waals surface area contributed by atoms with Gasteiger partial charge >= 0.3 is 0 Å². The first kappa shape index (κ1) is 26.9. The van der Waals surface area contributed by atoms with Crippen molar-refractivity contribution in [1.82, 2.24) is 20.0 Å². The molecular weight excluding hydrogens is 506 g/mol. The highest BCUT2D eigenvalue weighted by atomic mass is 16.5. The molecule has 9 nitrogen and oxygen atoms in total. The third-order valence-electron chi connectivity index (χ3n) is 7.07. The van der Waals surface area contributed by atoms with E-state index in [0.29, 0.717) is 32.6 Å². The van der Waals surface area contributed by atoms with E-state index in [2.05, 4.69) is 15.1 Å². The van der Waals surface area contributed by atoms with E-state index in [1.165, 1.54) is 6.26 Å². The lowest BCUT2D eigenvalue weighted by molar-refractivity contribution is -0.131. The summed E-state index contributed by atoms with van der Waals surface area (Å²) in [5.41, 5.74) is 2.86. The number of carbonyl (C=O) groups is 2. The van der Waals surface area contributed by atoms with Crippen LogP contribution in [0.15, 0.2) is 89.5 Å². The van der Waals surface area contributed by atoms with E-state index < -0.39 is 0 Å². The molecule has 0 saturated carbocycles. The Morgan fingerprint density at radius 3 is 2.42 bits per heavy atom. The number of furan rings is 1. The lowest BCUT2D eigenvalue weighted by Gasteiger charge is -2.26. The van der Waals surface area contributed by atoms with E-state index in [9.17, 15) is 9.59 Å². The number of amides is 2. The first-order valence-electron chi connectivity index (χ1n) is 13.5. The fourth-order valence-corrected chi connectivity index (χ4v) is 4.79. The molecule has 3 heterocycles. The zero-order valence-electron chi connectivity index (χ0n) is 22.6. The summed E-state index contributed by atoms with van der Waals surface area (Å²) in [6, 6.07) is 24.9. The molecule has 0 radical (unpaired) electrons. The van der Waals surface area contributed by atoms with Crippen molar-refractivity contribution in [1.29, 1.82) is 0 Å². The molecule has 1 fully saturated rings. The molecule has 0 N–H and O–H groups in total. The molecule has 0 bridgehead atoms. The predicted octanol–water partition coefficient (Wildman–Crippen LogP) is 4.17. The quantitative estimate of drug-likeness (QED) is 0.315. The molecule has 9 heteroatoms. The van der Waals surface area contributed by atoms with Crippen LogP contribution in [0.5, 0.6) is 5.75 Å². The Balaban J connectivity index is 1.20. The van der Waals surface area contributed by atoms with Crippen LogP contribution in [0.4, 0.5) is 5.82 Å². The summed E-state index contributed by atoms with van der Waals surface area (Å²) in [7, 11) is 1.64. The standard InChI is InChI=1S/C31H33N5O4/c1-39-26-12-10-25(11-13-26)27-14-15-29(33-32-27)34-17-6-18-35(21-20-34)30(37)23-36(31(38)28-9-5-22-40-28)19-16-24-7-3-2-4-8-24/h2-5,7-15,22H,6,16-21,23H2,1H3. The van der Waals surface area contributed by atoms with Gasteiger partial charge in [-0.3, -0.25) is 9.59 Å². The smallest absolute Gasteiger partial charge is 0.290 e. The van der Waals surface area contributed by atoms with Gasteiger partial charge in [-0.2, -0.15) is 0 Å². The highest BCUT2D eigenvalue weighted by Crippen LogP contribution is 2.22. The number of carbonyl (C=O) groups excluding carboxylic acids is 2. The number of nitrogens with zero attached hydrogens (tertiary/aromatic N) is 5. The maximum Gasteiger partial charge on any atom is 0.290 e. The highest BCUT2D eigenvalue weighted by Gasteiger charge is 2.25. The van der Waals surface area contributed by atoms with Crippen LogP contribution in [0.25, 0.3) is 11.3 Å². The van der Waals surface area contributed by atoms with E-state index in [1.807, 2.05) is 71.6 Å². The molecule has 4 aromatic rings. The zero-order chi connectivity index (χ0) is 27.7. The Kier molecular flexibility index (Phi) is 8.70. The fraction of sp³-hybridized carbons (Fsp3) is 0.290. The summed E-state index contributed by atoms with van der Waals surface area (Å²) in [6.07, 6.45) is 2.92.